The van der Waals surface area contributed by atoms with Gasteiger partial charge in [0, 0.05) is 39.6 Å². The molecule has 0 fully saturated rings. The van der Waals surface area contributed by atoms with Crippen LogP contribution in [0.2, 0.25) is 15.1 Å². The molecule has 6 nitrogen and oxygen atoms in total. The minimum Gasteiger partial charge on any atom is -0.386 e. The highest BCUT2D eigenvalue weighted by molar-refractivity contribution is 6.35. The lowest BCUT2D eigenvalue weighted by Crippen LogP contribution is -2.27. The van der Waals surface area contributed by atoms with Crippen LogP contribution in [0.3, 0.4) is 0 Å². The molecule has 2 atom stereocenters. The molecule has 0 amide bonds. The van der Waals surface area contributed by atoms with Crippen LogP contribution in [0.4, 0.5) is 0 Å². The maximum absolute atomic E-state index is 13.5. The second-order valence-corrected chi connectivity index (χ2v) is 8.08. The van der Waals surface area contributed by atoms with E-state index in [2.05, 4.69) is 16.0 Å². The van der Waals surface area contributed by atoms with Gasteiger partial charge in [-0.05, 0) is 42.0 Å². The normalized spacial score (nSPS) is 13.0. The highest BCUT2D eigenvalue weighted by atomic mass is 35.5. The SMILES string of the molecule is N#CC(c1cccnc1)C(O)c1cc2cc(Cl)cnc2n(-c2cc(Cl)cc(Cl)c2)c1=O. The van der Waals surface area contributed by atoms with Crippen LogP contribution in [0.1, 0.15) is 23.1 Å². The average Bonchev–Trinajstić information content (AvgIpc) is 2.74. The van der Waals surface area contributed by atoms with Crippen molar-refractivity contribution in [2.45, 2.75) is 12.0 Å². The first-order valence-electron chi connectivity index (χ1n) is 9.04. The van der Waals surface area contributed by atoms with Gasteiger partial charge in [-0.2, -0.15) is 5.26 Å². The van der Waals surface area contributed by atoms with Crippen molar-refractivity contribution in [3.05, 3.63) is 97.6 Å². The number of fused-ring (bicyclic) bond motifs is 1. The minimum atomic E-state index is -1.43. The Bertz CT molecular complexity index is 1360. The van der Waals surface area contributed by atoms with Gasteiger partial charge in [0.25, 0.3) is 5.56 Å². The van der Waals surface area contributed by atoms with Gasteiger partial charge in [-0.25, -0.2) is 4.98 Å². The molecule has 0 saturated carbocycles. The van der Waals surface area contributed by atoms with E-state index < -0.39 is 17.6 Å². The van der Waals surface area contributed by atoms with Crippen LogP contribution in [-0.4, -0.2) is 19.6 Å². The number of hydrogen-bond donors (Lipinski definition) is 1. The van der Waals surface area contributed by atoms with E-state index in [9.17, 15) is 15.2 Å². The van der Waals surface area contributed by atoms with E-state index in [1.807, 2.05) is 0 Å². The summed E-state index contributed by atoms with van der Waals surface area (Å²) in [6, 6.07) is 13.1. The summed E-state index contributed by atoms with van der Waals surface area (Å²) in [7, 11) is 0. The fourth-order valence-corrected chi connectivity index (χ4v) is 4.06. The molecular formula is C22H13Cl3N4O2. The number of aliphatic hydroxyl groups is 1. The van der Waals surface area contributed by atoms with E-state index in [-0.39, 0.29) is 5.56 Å². The molecule has 0 radical (unpaired) electrons. The first kappa shape index (κ1) is 21.3. The minimum absolute atomic E-state index is 0.00284. The number of aliphatic hydroxyl groups excluding tert-OH is 1. The van der Waals surface area contributed by atoms with Crippen LogP contribution in [0, 0.1) is 11.3 Å². The summed E-state index contributed by atoms with van der Waals surface area (Å²) >= 11 is 18.4. The third-order valence-electron chi connectivity index (χ3n) is 4.76. The number of nitrogens with zero attached hydrogens (tertiary/aromatic N) is 4. The Kier molecular flexibility index (Phi) is 5.94. The zero-order valence-electron chi connectivity index (χ0n) is 15.7. The molecule has 0 spiro atoms. The lowest BCUT2D eigenvalue weighted by atomic mass is 9.91. The van der Waals surface area contributed by atoms with Gasteiger partial charge in [-0.15, -0.1) is 0 Å². The van der Waals surface area contributed by atoms with Gasteiger partial charge < -0.3 is 5.11 Å². The first-order valence-corrected chi connectivity index (χ1v) is 10.2. The summed E-state index contributed by atoms with van der Waals surface area (Å²) in [5.41, 5.74) is 0.601. The molecule has 2 unspecified atom stereocenters. The second-order valence-electron chi connectivity index (χ2n) is 6.77. The molecule has 1 aromatic carbocycles. The lowest BCUT2D eigenvalue weighted by Gasteiger charge is -2.19. The van der Waals surface area contributed by atoms with Gasteiger partial charge >= 0.3 is 0 Å². The quantitative estimate of drug-likeness (QED) is 0.448. The Hall–Kier alpha value is -2.95. The molecule has 4 aromatic rings. The number of nitriles is 1. The number of rotatable bonds is 4. The van der Waals surface area contributed by atoms with E-state index in [1.54, 1.807) is 36.5 Å². The predicted octanol–water partition coefficient (Wildman–Crippen LogP) is 5.08. The molecule has 4 rings (SSSR count). The molecule has 0 aliphatic carbocycles. The lowest BCUT2D eigenvalue weighted by molar-refractivity contribution is 0.162. The maximum atomic E-state index is 13.5. The highest BCUT2D eigenvalue weighted by Gasteiger charge is 2.27. The summed E-state index contributed by atoms with van der Waals surface area (Å²) in [6.07, 6.45) is 3.02. The van der Waals surface area contributed by atoms with Crippen molar-refractivity contribution in [3.8, 4) is 11.8 Å². The fraction of sp³-hybridized carbons (Fsp3) is 0.0909. The molecule has 1 N–H and O–H groups in total. The molecule has 3 aromatic heterocycles. The van der Waals surface area contributed by atoms with Crippen molar-refractivity contribution >= 4 is 45.8 Å². The van der Waals surface area contributed by atoms with Crippen LogP contribution in [0.25, 0.3) is 16.7 Å². The summed E-state index contributed by atoms with van der Waals surface area (Å²) in [5.74, 6) is -1.01. The first-order chi connectivity index (χ1) is 14.9. The Morgan fingerprint density at radius 1 is 1.03 bits per heavy atom. The number of hydrogen-bond acceptors (Lipinski definition) is 5. The van der Waals surface area contributed by atoms with Gasteiger partial charge in [0.1, 0.15) is 17.7 Å². The Morgan fingerprint density at radius 2 is 1.77 bits per heavy atom. The molecule has 9 heteroatoms. The molecule has 31 heavy (non-hydrogen) atoms. The number of benzene rings is 1. The van der Waals surface area contributed by atoms with Crippen LogP contribution in [0.15, 0.2) is 65.8 Å². The molecule has 0 saturated heterocycles. The van der Waals surface area contributed by atoms with Gasteiger partial charge in [-0.3, -0.25) is 14.3 Å². The third-order valence-corrected chi connectivity index (χ3v) is 5.40. The average molecular weight is 472 g/mol. The monoisotopic (exact) mass is 470 g/mol. The third kappa shape index (κ3) is 4.14. The van der Waals surface area contributed by atoms with Crippen LogP contribution >= 0.6 is 34.8 Å². The van der Waals surface area contributed by atoms with Crippen molar-refractivity contribution in [3.63, 3.8) is 0 Å². The topological polar surface area (TPSA) is 91.8 Å². The molecular weight excluding hydrogens is 459 g/mol. The van der Waals surface area contributed by atoms with E-state index >= 15 is 0 Å². The van der Waals surface area contributed by atoms with Crippen molar-refractivity contribution in [2.75, 3.05) is 0 Å². The maximum Gasteiger partial charge on any atom is 0.262 e. The molecule has 0 aliphatic rings. The Balaban J connectivity index is 2.00. The van der Waals surface area contributed by atoms with Gasteiger partial charge in [0.05, 0.1) is 16.8 Å². The van der Waals surface area contributed by atoms with Crippen molar-refractivity contribution < 1.29 is 5.11 Å². The van der Waals surface area contributed by atoms with Gasteiger partial charge in [-0.1, -0.05) is 40.9 Å². The van der Waals surface area contributed by atoms with Crippen LogP contribution in [0.5, 0.6) is 0 Å². The number of halogens is 3. The van der Waals surface area contributed by atoms with Gasteiger partial charge in [0.2, 0.25) is 0 Å². The molecule has 0 aliphatic heterocycles. The van der Waals surface area contributed by atoms with Crippen molar-refractivity contribution in [2.24, 2.45) is 0 Å². The highest BCUT2D eigenvalue weighted by Crippen LogP contribution is 2.31. The Morgan fingerprint density at radius 3 is 2.42 bits per heavy atom. The molecule has 154 valence electrons. The van der Waals surface area contributed by atoms with Crippen LogP contribution < -0.4 is 5.56 Å². The van der Waals surface area contributed by atoms with Gasteiger partial charge in [0.15, 0.2) is 0 Å². The smallest absolute Gasteiger partial charge is 0.262 e. The van der Waals surface area contributed by atoms with E-state index in [4.69, 9.17) is 34.8 Å². The largest absolute Gasteiger partial charge is 0.386 e. The number of pyridine rings is 3. The summed E-state index contributed by atoms with van der Waals surface area (Å²) in [5, 5.41) is 22.3. The van der Waals surface area contributed by atoms with Crippen molar-refractivity contribution in [1.29, 1.82) is 5.26 Å². The van der Waals surface area contributed by atoms with E-state index in [1.165, 1.54) is 29.1 Å². The fourth-order valence-electron chi connectivity index (χ4n) is 3.38. The molecule has 0 bridgehead atoms. The summed E-state index contributed by atoms with van der Waals surface area (Å²) in [6.45, 7) is 0. The zero-order chi connectivity index (χ0) is 22.1. The van der Waals surface area contributed by atoms with E-state index in [0.717, 1.165) is 0 Å². The predicted molar refractivity (Wildman–Crippen MR) is 120 cm³/mol. The van der Waals surface area contributed by atoms with E-state index in [0.29, 0.717) is 37.4 Å². The van der Waals surface area contributed by atoms with Crippen LogP contribution in [-0.2, 0) is 0 Å². The summed E-state index contributed by atoms with van der Waals surface area (Å²) < 4.78 is 1.29. The Labute approximate surface area is 191 Å². The van der Waals surface area contributed by atoms with Crippen molar-refractivity contribution in [1.82, 2.24) is 14.5 Å². The zero-order valence-corrected chi connectivity index (χ0v) is 18.0. The molecule has 3 heterocycles. The standard InChI is InChI=1S/C22H13Cl3N4O2/c23-14-6-15(24)8-17(7-14)29-21-13(4-16(25)11-28-21)5-18(22(29)31)20(30)19(9-26)12-2-1-3-27-10-12/h1-8,10-11,19-20,30H. The number of aromatic nitrogens is 3. The summed E-state index contributed by atoms with van der Waals surface area (Å²) in [4.78, 5) is 21.8. The second kappa shape index (κ2) is 8.66.